The van der Waals surface area contributed by atoms with Crippen molar-refractivity contribution in [3.63, 3.8) is 0 Å². The van der Waals surface area contributed by atoms with Gasteiger partial charge in [0.25, 0.3) is 5.91 Å². The molecule has 2 fully saturated rings. The van der Waals surface area contributed by atoms with Crippen molar-refractivity contribution >= 4 is 22.9 Å². The van der Waals surface area contributed by atoms with E-state index in [1.807, 2.05) is 18.2 Å². The van der Waals surface area contributed by atoms with Gasteiger partial charge in [0.15, 0.2) is 0 Å². The van der Waals surface area contributed by atoms with Crippen LogP contribution in [0.3, 0.4) is 0 Å². The molecule has 0 bridgehead atoms. The molecule has 1 aromatic carbocycles. The summed E-state index contributed by atoms with van der Waals surface area (Å²) in [5.74, 6) is 1.48. The number of nitrogens with one attached hydrogen (secondary N) is 1. The van der Waals surface area contributed by atoms with Gasteiger partial charge < -0.3 is 15.0 Å². The van der Waals surface area contributed by atoms with E-state index in [4.69, 9.17) is 4.74 Å². The van der Waals surface area contributed by atoms with Crippen molar-refractivity contribution in [3.8, 4) is 5.75 Å². The Morgan fingerprint density at radius 3 is 2.72 bits per heavy atom. The van der Waals surface area contributed by atoms with Gasteiger partial charge in [-0.1, -0.05) is 12.1 Å². The summed E-state index contributed by atoms with van der Waals surface area (Å²) in [4.78, 5) is 20.2. The molecule has 1 N–H and O–H groups in total. The summed E-state index contributed by atoms with van der Waals surface area (Å²) in [6, 6.07) is 8.34. The Morgan fingerprint density at radius 2 is 2.00 bits per heavy atom. The van der Waals surface area contributed by atoms with Crippen LogP contribution in [0, 0.1) is 0 Å². The minimum absolute atomic E-state index is 0.0557. The molecule has 5 nitrogen and oxygen atoms in total. The van der Waals surface area contributed by atoms with Crippen LogP contribution in [-0.4, -0.2) is 37.1 Å². The molecular weight excluding hydrogens is 334 g/mol. The number of carbonyl (C=O) groups excluding carboxylic acids is 1. The van der Waals surface area contributed by atoms with Crippen molar-refractivity contribution in [1.82, 2.24) is 10.3 Å². The Kier molecular flexibility index (Phi) is 4.61. The molecule has 0 radical (unpaired) electrons. The SMILES string of the molecule is COc1ccccc1N1CCC(NC(=O)c2scnc2C2CC2)CC1. The second-order valence-electron chi connectivity index (χ2n) is 6.75. The number of rotatable bonds is 5. The van der Waals surface area contributed by atoms with E-state index < -0.39 is 0 Å². The van der Waals surface area contributed by atoms with Crippen molar-refractivity contribution in [2.75, 3.05) is 25.1 Å². The van der Waals surface area contributed by atoms with Crippen LogP contribution in [0.1, 0.15) is 47.0 Å². The number of thiazole rings is 1. The molecular formula is C19H23N3O2S. The summed E-state index contributed by atoms with van der Waals surface area (Å²) >= 11 is 1.47. The highest BCUT2D eigenvalue weighted by Gasteiger charge is 2.31. The molecule has 1 saturated carbocycles. The fourth-order valence-corrected chi connectivity index (χ4v) is 4.26. The van der Waals surface area contributed by atoms with Gasteiger partial charge in [-0.15, -0.1) is 11.3 Å². The van der Waals surface area contributed by atoms with Crippen LogP contribution in [0.2, 0.25) is 0 Å². The number of benzene rings is 1. The van der Waals surface area contributed by atoms with Crippen LogP contribution in [0.5, 0.6) is 5.75 Å². The van der Waals surface area contributed by atoms with Gasteiger partial charge in [-0.25, -0.2) is 4.98 Å². The number of para-hydroxylation sites is 2. The Bertz CT molecular complexity index is 749. The van der Waals surface area contributed by atoms with Crippen molar-refractivity contribution in [2.45, 2.75) is 37.6 Å². The molecule has 4 rings (SSSR count). The molecule has 2 aliphatic rings. The third-order valence-corrected chi connectivity index (χ3v) is 5.86. The molecule has 1 aromatic heterocycles. The molecule has 6 heteroatoms. The zero-order valence-electron chi connectivity index (χ0n) is 14.4. The molecule has 1 aliphatic heterocycles. The molecule has 2 aromatic rings. The van der Waals surface area contributed by atoms with E-state index in [0.717, 1.165) is 47.9 Å². The van der Waals surface area contributed by atoms with Gasteiger partial charge in [0.1, 0.15) is 10.6 Å². The maximum Gasteiger partial charge on any atom is 0.263 e. The predicted octanol–water partition coefficient (Wildman–Crippen LogP) is 3.43. The molecule has 0 spiro atoms. The molecule has 0 atom stereocenters. The van der Waals surface area contributed by atoms with Crippen molar-refractivity contribution in [3.05, 3.63) is 40.3 Å². The summed E-state index contributed by atoms with van der Waals surface area (Å²) in [6.45, 7) is 1.84. The number of hydrogen-bond acceptors (Lipinski definition) is 5. The van der Waals surface area contributed by atoms with Crippen molar-refractivity contribution in [1.29, 1.82) is 0 Å². The predicted molar refractivity (Wildman–Crippen MR) is 99.8 cm³/mol. The first kappa shape index (κ1) is 16.4. The van der Waals surface area contributed by atoms with Gasteiger partial charge in [0.05, 0.1) is 24.0 Å². The highest BCUT2D eigenvalue weighted by molar-refractivity contribution is 7.11. The van der Waals surface area contributed by atoms with Crippen LogP contribution in [0.25, 0.3) is 0 Å². The monoisotopic (exact) mass is 357 g/mol. The number of carbonyl (C=O) groups is 1. The summed E-state index contributed by atoms with van der Waals surface area (Å²) in [5.41, 5.74) is 3.94. The number of nitrogens with zero attached hydrogens (tertiary/aromatic N) is 2. The molecule has 1 aliphatic carbocycles. The highest BCUT2D eigenvalue weighted by Crippen LogP contribution is 2.41. The molecule has 25 heavy (non-hydrogen) atoms. The second-order valence-corrected chi connectivity index (χ2v) is 7.60. The van der Waals surface area contributed by atoms with Gasteiger partial charge >= 0.3 is 0 Å². The zero-order valence-corrected chi connectivity index (χ0v) is 15.2. The van der Waals surface area contributed by atoms with E-state index >= 15 is 0 Å². The standard InChI is InChI=1S/C19H23N3O2S/c1-24-16-5-3-2-4-15(16)22-10-8-14(9-11-22)21-19(23)18-17(13-6-7-13)20-12-25-18/h2-5,12-14H,6-11H2,1H3,(H,21,23). The van der Waals surface area contributed by atoms with E-state index in [1.165, 1.54) is 24.2 Å². The Balaban J connectivity index is 1.36. The highest BCUT2D eigenvalue weighted by atomic mass is 32.1. The number of piperidine rings is 1. The summed E-state index contributed by atoms with van der Waals surface area (Å²) in [5, 5.41) is 3.22. The van der Waals surface area contributed by atoms with Crippen LogP contribution in [0.4, 0.5) is 5.69 Å². The van der Waals surface area contributed by atoms with Crippen LogP contribution < -0.4 is 15.0 Å². The number of ether oxygens (including phenoxy) is 1. The lowest BCUT2D eigenvalue weighted by Gasteiger charge is -2.34. The maximum atomic E-state index is 12.6. The van der Waals surface area contributed by atoms with E-state index in [9.17, 15) is 4.79 Å². The zero-order chi connectivity index (χ0) is 17.2. The van der Waals surface area contributed by atoms with Gasteiger partial charge in [-0.2, -0.15) is 0 Å². The largest absolute Gasteiger partial charge is 0.495 e. The molecule has 1 saturated heterocycles. The first-order chi connectivity index (χ1) is 12.3. The van der Waals surface area contributed by atoms with Gasteiger partial charge in [-0.05, 0) is 37.8 Å². The fourth-order valence-electron chi connectivity index (χ4n) is 3.48. The van der Waals surface area contributed by atoms with E-state index in [1.54, 1.807) is 12.6 Å². The summed E-state index contributed by atoms with van der Waals surface area (Å²) in [7, 11) is 1.71. The molecule has 0 unspecified atom stereocenters. The van der Waals surface area contributed by atoms with E-state index in [0.29, 0.717) is 5.92 Å². The Morgan fingerprint density at radius 1 is 1.24 bits per heavy atom. The van der Waals surface area contributed by atoms with Gasteiger partial charge in [0.2, 0.25) is 0 Å². The van der Waals surface area contributed by atoms with E-state index in [2.05, 4.69) is 21.3 Å². The molecule has 2 heterocycles. The number of methoxy groups -OCH3 is 1. The number of hydrogen-bond donors (Lipinski definition) is 1. The Hall–Kier alpha value is -2.08. The van der Waals surface area contributed by atoms with Crippen molar-refractivity contribution in [2.24, 2.45) is 0 Å². The average molecular weight is 357 g/mol. The van der Waals surface area contributed by atoms with Gasteiger partial charge in [-0.3, -0.25) is 4.79 Å². The quantitative estimate of drug-likeness (QED) is 0.891. The maximum absolute atomic E-state index is 12.6. The first-order valence-corrected chi connectivity index (χ1v) is 9.76. The second kappa shape index (κ2) is 7.04. The fraction of sp³-hybridized carbons (Fsp3) is 0.474. The normalized spacial score (nSPS) is 18.2. The smallest absolute Gasteiger partial charge is 0.263 e. The lowest BCUT2D eigenvalue weighted by atomic mass is 10.0. The Labute approximate surface area is 152 Å². The summed E-state index contributed by atoms with van der Waals surface area (Å²) in [6.07, 6.45) is 4.23. The average Bonchev–Trinajstić information content (AvgIpc) is 3.38. The third-order valence-electron chi connectivity index (χ3n) is 5.02. The lowest BCUT2D eigenvalue weighted by molar-refractivity contribution is 0.0934. The van der Waals surface area contributed by atoms with Crippen molar-refractivity contribution < 1.29 is 9.53 Å². The minimum Gasteiger partial charge on any atom is -0.495 e. The number of aromatic nitrogens is 1. The molecule has 132 valence electrons. The molecule has 1 amide bonds. The minimum atomic E-state index is 0.0557. The van der Waals surface area contributed by atoms with Crippen LogP contribution >= 0.6 is 11.3 Å². The lowest BCUT2D eigenvalue weighted by Crippen LogP contribution is -2.44. The van der Waals surface area contributed by atoms with Crippen LogP contribution in [-0.2, 0) is 0 Å². The summed E-state index contributed by atoms with van der Waals surface area (Å²) < 4.78 is 5.46. The number of anilines is 1. The van der Waals surface area contributed by atoms with E-state index in [-0.39, 0.29) is 11.9 Å². The van der Waals surface area contributed by atoms with Crippen LogP contribution in [0.15, 0.2) is 29.8 Å². The first-order valence-electron chi connectivity index (χ1n) is 8.88. The third kappa shape index (κ3) is 3.49. The number of amides is 1. The topological polar surface area (TPSA) is 54.5 Å². The van der Waals surface area contributed by atoms with Gasteiger partial charge in [0, 0.05) is 25.0 Å².